The SMILES string of the molecule is CCOC(=O)C(=Cc1ccccc1)NC(=O)c1ccc(I)cc1. The molecule has 2 aromatic rings. The maximum Gasteiger partial charge on any atom is 0.354 e. The first-order valence-corrected chi connectivity index (χ1v) is 8.19. The summed E-state index contributed by atoms with van der Waals surface area (Å²) in [5.74, 6) is -0.910. The average molecular weight is 421 g/mol. The van der Waals surface area contributed by atoms with E-state index < -0.39 is 5.97 Å². The molecule has 23 heavy (non-hydrogen) atoms. The first-order chi connectivity index (χ1) is 11.1. The number of ether oxygens (including phenoxy) is 1. The Morgan fingerprint density at radius 3 is 2.35 bits per heavy atom. The van der Waals surface area contributed by atoms with Crippen LogP contribution in [0.1, 0.15) is 22.8 Å². The van der Waals surface area contributed by atoms with Gasteiger partial charge in [0, 0.05) is 9.13 Å². The van der Waals surface area contributed by atoms with E-state index in [2.05, 4.69) is 27.9 Å². The van der Waals surface area contributed by atoms with Crippen molar-refractivity contribution >= 4 is 40.5 Å². The van der Waals surface area contributed by atoms with E-state index in [1.165, 1.54) is 0 Å². The van der Waals surface area contributed by atoms with Gasteiger partial charge in [-0.15, -0.1) is 0 Å². The molecule has 0 heterocycles. The summed E-state index contributed by atoms with van der Waals surface area (Å²) in [6, 6.07) is 16.4. The maximum atomic E-state index is 12.3. The predicted molar refractivity (Wildman–Crippen MR) is 97.7 cm³/mol. The number of carbonyl (C=O) groups is 2. The van der Waals surface area contributed by atoms with Gasteiger partial charge in [0.2, 0.25) is 0 Å². The van der Waals surface area contributed by atoms with Crippen molar-refractivity contribution < 1.29 is 14.3 Å². The molecule has 0 atom stereocenters. The number of nitrogens with one attached hydrogen (secondary N) is 1. The molecule has 0 aliphatic carbocycles. The Morgan fingerprint density at radius 1 is 1.09 bits per heavy atom. The summed E-state index contributed by atoms with van der Waals surface area (Å²) in [7, 11) is 0. The average Bonchev–Trinajstić information content (AvgIpc) is 2.56. The fraction of sp³-hybridized carbons (Fsp3) is 0.111. The Morgan fingerprint density at radius 2 is 1.74 bits per heavy atom. The number of carbonyl (C=O) groups excluding carboxylic acids is 2. The van der Waals surface area contributed by atoms with Gasteiger partial charge in [0.25, 0.3) is 5.91 Å². The van der Waals surface area contributed by atoms with Gasteiger partial charge in [0.15, 0.2) is 0 Å². The monoisotopic (exact) mass is 421 g/mol. The third-order valence-corrected chi connectivity index (χ3v) is 3.68. The van der Waals surface area contributed by atoms with E-state index in [9.17, 15) is 9.59 Å². The molecule has 0 bridgehead atoms. The summed E-state index contributed by atoms with van der Waals surface area (Å²) in [4.78, 5) is 24.4. The third-order valence-electron chi connectivity index (χ3n) is 2.96. The Balaban J connectivity index is 2.24. The van der Waals surface area contributed by atoms with E-state index in [1.807, 2.05) is 42.5 Å². The molecule has 0 unspecified atom stereocenters. The number of hydrogen-bond acceptors (Lipinski definition) is 3. The van der Waals surface area contributed by atoms with Crippen molar-refractivity contribution in [3.05, 3.63) is 75.0 Å². The van der Waals surface area contributed by atoms with Gasteiger partial charge < -0.3 is 10.1 Å². The van der Waals surface area contributed by atoms with Crippen molar-refractivity contribution in [2.45, 2.75) is 6.92 Å². The molecule has 0 aliphatic rings. The van der Waals surface area contributed by atoms with Gasteiger partial charge >= 0.3 is 5.97 Å². The number of benzene rings is 2. The van der Waals surface area contributed by atoms with Crippen LogP contribution in [0.25, 0.3) is 6.08 Å². The van der Waals surface area contributed by atoms with Crippen LogP contribution in [-0.4, -0.2) is 18.5 Å². The zero-order chi connectivity index (χ0) is 16.7. The number of esters is 1. The predicted octanol–water partition coefficient (Wildman–Crippen LogP) is 3.63. The lowest BCUT2D eigenvalue weighted by Crippen LogP contribution is -2.28. The molecule has 1 amide bonds. The van der Waals surface area contributed by atoms with Gasteiger partial charge in [-0.05, 0) is 65.4 Å². The summed E-state index contributed by atoms with van der Waals surface area (Å²) < 4.78 is 6.04. The van der Waals surface area contributed by atoms with Gasteiger partial charge in [0.05, 0.1) is 6.61 Å². The molecule has 2 aromatic carbocycles. The van der Waals surface area contributed by atoms with Crippen LogP contribution >= 0.6 is 22.6 Å². The zero-order valence-corrected chi connectivity index (χ0v) is 14.7. The van der Waals surface area contributed by atoms with Crippen LogP contribution in [0, 0.1) is 3.57 Å². The minimum Gasteiger partial charge on any atom is -0.461 e. The molecule has 0 spiro atoms. The van der Waals surface area contributed by atoms with Gasteiger partial charge in [0.1, 0.15) is 5.70 Å². The summed E-state index contributed by atoms with van der Waals surface area (Å²) in [6.45, 7) is 1.96. The molecule has 0 aromatic heterocycles. The summed E-state index contributed by atoms with van der Waals surface area (Å²) in [5.41, 5.74) is 1.40. The van der Waals surface area contributed by atoms with Gasteiger partial charge in [-0.3, -0.25) is 4.79 Å². The molecule has 0 saturated heterocycles. The highest BCUT2D eigenvalue weighted by molar-refractivity contribution is 14.1. The van der Waals surface area contributed by atoms with Gasteiger partial charge in [-0.2, -0.15) is 0 Å². The van der Waals surface area contributed by atoms with E-state index in [0.29, 0.717) is 5.56 Å². The lowest BCUT2D eigenvalue weighted by Gasteiger charge is -2.09. The second-order valence-corrected chi connectivity index (χ2v) is 5.90. The Kier molecular flexibility index (Phi) is 6.34. The van der Waals surface area contributed by atoms with Crippen molar-refractivity contribution in [2.75, 3.05) is 6.61 Å². The summed E-state index contributed by atoms with van der Waals surface area (Å²) >= 11 is 2.16. The maximum absolute atomic E-state index is 12.3. The summed E-state index contributed by atoms with van der Waals surface area (Å²) in [5, 5.41) is 2.63. The molecule has 0 radical (unpaired) electrons. The largest absolute Gasteiger partial charge is 0.461 e. The van der Waals surface area contributed by atoms with Crippen LogP contribution in [0.5, 0.6) is 0 Å². The zero-order valence-electron chi connectivity index (χ0n) is 12.6. The van der Waals surface area contributed by atoms with Crippen LogP contribution < -0.4 is 5.32 Å². The standard InChI is InChI=1S/C18H16INO3/c1-2-23-18(22)16(12-13-6-4-3-5-7-13)20-17(21)14-8-10-15(19)11-9-14/h3-12H,2H2,1H3,(H,20,21). The van der Waals surface area contributed by atoms with Crippen molar-refractivity contribution in [3.8, 4) is 0 Å². The van der Waals surface area contributed by atoms with Crippen LogP contribution in [0.2, 0.25) is 0 Å². The molecule has 0 saturated carbocycles. The van der Waals surface area contributed by atoms with E-state index in [-0.39, 0.29) is 18.2 Å². The van der Waals surface area contributed by atoms with E-state index in [0.717, 1.165) is 9.13 Å². The number of rotatable bonds is 5. The molecule has 4 nitrogen and oxygen atoms in total. The smallest absolute Gasteiger partial charge is 0.354 e. The number of halogens is 1. The number of amides is 1. The van der Waals surface area contributed by atoms with Crippen molar-refractivity contribution in [1.82, 2.24) is 5.32 Å². The van der Waals surface area contributed by atoms with Crippen LogP contribution in [-0.2, 0) is 9.53 Å². The molecule has 2 rings (SSSR count). The molecule has 118 valence electrons. The van der Waals surface area contributed by atoms with Crippen molar-refractivity contribution in [2.24, 2.45) is 0 Å². The fourth-order valence-electron chi connectivity index (χ4n) is 1.87. The topological polar surface area (TPSA) is 55.4 Å². The van der Waals surface area contributed by atoms with E-state index in [1.54, 1.807) is 25.1 Å². The Labute approximate surface area is 148 Å². The molecular formula is C18H16INO3. The molecule has 0 fully saturated rings. The first-order valence-electron chi connectivity index (χ1n) is 7.11. The fourth-order valence-corrected chi connectivity index (χ4v) is 2.23. The van der Waals surface area contributed by atoms with Crippen molar-refractivity contribution in [3.63, 3.8) is 0 Å². The second-order valence-electron chi connectivity index (χ2n) is 4.65. The van der Waals surface area contributed by atoms with Crippen LogP contribution in [0.3, 0.4) is 0 Å². The van der Waals surface area contributed by atoms with Gasteiger partial charge in [-0.1, -0.05) is 30.3 Å². The van der Waals surface area contributed by atoms with Crippen LogP contribution in [0.15, 0.2) is 60.3 Å². The lowest BCUT2D eigenvalue weighted by atomic mass is 10.1. The normalized spacial score (nSPS) is 11.0. The highest BCUT2D eigenvalue weighted by atomic mass is 127. The molecule has 5 heteroatoms. The molecule has 1 N–H and O–H groups in total. The second kappa shape index (κ2) is 8.47. The minimum absolute atomic E-state index is 0.113. The summed E-state index contributed by atoms with van der Waals surface area (Å²) in [6.07, 6.45) is 1.60. The minimum atomic E-state index is -0.560. The first kappa shape index (κ1) is 17.2. The van der Waals surface area contributed by atoms with Crippen LogP contribution in [0.4, 0.5) is 0 Å². The van der Waals surface area contributed by atoms with Gasteiger partial charge in [-0.25, -0.2) is 4.79 Å². The lowest BCUT2D eigenvalue weighted by molar-refractivity contribution is -0.138. The number of hydrogen-bond donors (Lipinski definition) is 1. The molecule has 0 aliphatic heterocycles. The van der Waals surface area contributed by atoms with E-state index >= 15 is 0 Å². The Bertz CT molecular complexity index is 709. The highest BCUT2D eigenvalue weighted by Gasteiger charge is 2.15. The highest BCUT2D eigenvalue weighted by Crippen LogP contribution is 2.10. The third kappa shape index (κ3) is 5.21. The quantitative estimate of drug-likeness (QED) is 0.456. The van der Waals surface area contributed by atoms with Crippen molar-refractivity contribution in [1.29, 1.82) is 0 Å². The van der Waals surface area contributed by atoms with E-state index in [4.69, 9.17) is 4.74 Å². The Hall–Kier alpha value is -2.15. The molecular weight excluding hydrogens is 405 g/mol.